The number of carbonyl (C=O) groups is 2. The lowest BCUT2D eigenvalue weighted by molar-refractivity contribution is -0.119. The van der Waals surface area contributed by atoms with E-state index in [0.29, 0.717) is 10.7 Å². The lowest BCUT2D eigenvalue weighted by Crippen LogP contribution is -2.34. The Bertz CT molecular complexity index is 649. The fourth-order valence-electron chi connectivity index (χ4n) is 1.50. The molecule has 21 heavy (non-hydrogen) atoms. The van der Waals surface area contributed by atoms with E-state index < -0.39 is 38.8 Å². The Kier molecular flexibility index (Phi) is 5.46. The van der Waals surface area contributed by atoms with Gasteiger partial charge < -0.3 is 10.4 Å². The van der Waals surface area contributed by atoms with Crippen LogP contribution in [0.1, 0.15) is 47.2 Å². The quantitative estimate of drug-likeness (QED) is 0.807. The molecule has 1 amide bonds. The third-order valence-electron chi connectivity index (χ3n) is 2.81. The second-order valence-electron chi connectivity index (χ2n) is 4.92. The highest BCUT2D eigenvalue weighted by Gasteiger charge is 2.23. The predicted octanol–water partition coefficient (Wildman–Crippen LogP) is 1.15. The highest BCUT2D eigenvalue weighted by atomic mass is 32.2. The van der Waals surface area contributed by atoms with Crippen LogP contribution in [0.5, 0.6) is 0 Å². The number of hydrogen-bond donors (Lipinski definition) is 2. The highest BCUT2D eigenvalue weighted by molar-refractivity contribution is 7.92. The second-order valence-corrected chi connectivity index (χ2v) is 8.50. The van der Waals surface area contributed by atoms with Crippen molar-refractivity contribution >= 4 is 33.1 Å². The molecule has 0 spiro atoms. The van der Waals surface area contributed by atoms with Gasteiger partial charge in [-0.05, 0) is 27.7 Å². The van der Waals surface area contributed by atoms with Crippen LogP contribution in [0.25, 0.3) is 0 Å². The molecule has 0 aromatic carbocycles. The Labute approximate surface area is 127 Å². The second kappa shape index (κ2) is 6.52. The van der Waals surface area contributed by atoms with Crippen LogP contribution in [0, 0.1) is 6.92 Å². The molecule has 0 aliphatic rings. The maximum atomic E-state index is 11.7. The summed E-state index contributed by atoms with van der Waals surface area (Å²) in [6.07, 6.45) is 0. The van der Waals surface area contributed by atoms with Crippen LogP contribution in [-0.2, 0) is 14.6 Å². The molecule has 1 aromatic rings. The topological polar surface area (TPSA) is 113 Å². The number of sulfone groups is 1. The molecule has 1 atom stereocenters. The molecule has 2 N–H and O–H groups in total. The van der Waals surface area contributed by atoms with Crippen molar-refractivity contribution in [1.29, 1.82) is 0 Å². The summed E-state index contributed by atoms with van der Waals surface area (Å²) in [4.78, 5) is 26.9. The predicted molar refractivity (Wildman–Crippen MR) is 79.3 cm³/mol. The van der Waals surface area contributed by atoms with E-state index in [1.165, 1.54) is 13.8 Å². The number of nitrogens with one attached hydrogen (secondary N) is 1. The van der Waals surface area contributed by atoms with Crippen LogP contribution in [-0.4, -0.2) is 41.4 Å². The molecule has 0 fully saturated rings. The highest BCUT2D eigenvalue weighted by Crippen LogP contribution is 2.23. The third-order valence-corrected chi connectivity index (χ3v) is 6.23. The van der Waals surface area contributed by atoms with Crippen molar-refractivity contribution < 1.29 is 23.1 Å². The number of aromatic nitrogens is 1. The minimum atomic E-state index is -3.46. The number of amides is 1. The molecular formula is C12H18N2O5S2. The normalized spacial score (nSPS) is 13.2. The standard InChI is InChI=1S/C12H18N2O5S2/c1-6(2)21(18,19)5-9(15)13-8(4)11-14-7(3)10(20-11)12(16)17/h6,8H,5H2,1-4H3,(H,13,15)(H,16,17). The first-order valence-electron chi connectivity index (χ1n) is 6.26. The van der Waals surface area contributed by atoms with Crippen LogP contribution in [0.2, 0.25) is 0 Å². The number of carboxylic acid groups (broad SMARTS) is 1. The van der Waals surface area contributed by atoms with Crippen molar-refractivity contribution in [3.05, 3.63) is 15.6 Å². The maximum Gasteiger partial charge on any atom is 0.347 e. The van der Waals surface area contributed by atoms with E-state index in [1.807, 2.05) is 0 Å². The first kappa shape index (κ1) is 17.6. The Morgan fingerprint density at radius 2 is 1.90 bits per heavy atom. The molecule has 9 heteroatoms. The van der Waals surface area contributed by atoms with Gasteiger partial charge >= 0.3 is 5.97 Å². The molecule has 0 saturated carbocycles. The van der Waals surface area contributed by atoms with Gasteiger partial charge in [0, 0.05) is 0 Å². The molecule has 1 heterocycles. The number of thiazole rings is 1. The van der Waals surface area contributed by atoms with Gasteiger partial charge in [-0.25, -0.2) is 18.2 Å². The SMILES string of the molecule is Cc1nc(C(C)NC(=O)CS(=O)(=O)C(C)C)sc1C(=O)O. The van der Waals surface area contributed by atoms with Gasteiger partial charge in [-0.1, -0.05) is 0 Å². The number of nitrogens with zero attached hydrogens (tertiary/aromatic N) is 1. The van der Waals surface area contributed by atoms with Gasteiger partial charge in [0.1, 0.15) is 15.6 Å². The summed E-state index contributed by atoms with van der Waals surface area (Å²) >= 11 is 0.967. The van der Waals surface area contributed by atoms with E-state index in [2.05, 4.69) is 10.3 Å². The summed E-state index contributed by atoms with van der Waals surface area (Å²) in [5, 5.41) is 11.3. The fourth-order valence-corrected chi connectivity index (χ4v) is 3.19. The lowest BCUT2D eigenvalue weighted by atomic mass is 10.3. The molecule has 0 aliphatic heterocycles. The third kappa shape index (κ3) is 4.50. The number of carbonyl (C=O) groups excluding carboxylic acids is 1. The number of carboxylic acids is 1. The summed E-state index contributed by atoms with van der Waals surface area (Å²) in [7, 11) is -3.46. The van der Waals surface area contributed by atoms with Crippen molar-refractivity contribution in [2.45, 2.75) is 39.0 Å². The minimum Gasteiger partial charge on any atom is -0.477 e. The Morgan fingerprint density at radius 1 is 1.33 bits per heavy atom. The Morgan fingerprint density at radius 3 is 2.33 bits per heavy atom. The molecular weight excluding hydrogens is 316 g/mol. The van der Waals surface area contributed by atoms with E-state index in [9.17, 15) is 18.0 Å². The van der Waals surface area contributed by atoms with Gasteiger partial charge in [0.2, 0.25) is 5.91 Å². The van der Waals surface area contributed by atoms with Crippen LogP contribution < -0.4 is 5.32 Å². The van der Waals surface area contributed by atoms with E-state index in [0.717, 1.165) is 11.3 Å². The fraction of sp³-hybridized carbons (Fsp3) is 0.583. The van der Waals surface area contributed by atoms with Gasteiger partial charge in [0.25, 0.3) is 0 Å². The van der Waals surface area contributed by atoms with Crippen molar-refractivity contribution in [3.8, 4) is 0 Å². The van der Waals surface area contributed by atoms with Gasteiger partial charge in [0.05, 0.1) is 17.0 Å². The van der Waals surface area contributed by atoms with E-state index >= 15 is 0 Å². The van der Waals surface area contributed by atoms with Gasteiger partial charge in [-0.3, -0.25) is 4.79 Å². The monoisotopic (exact) mass is 334 g/mol. The molecule has 1 rings (SSSR count). The summed E-state index contributed by atoms with van der Waals surface area (Å²) in [5.41, 5.74) is 0.374. The van der Waals surface area contributed by atoms with Crippen molar-refractivity contribution in [2.24, 2.45) is 0 Å². The van der Waals surface area contributed by atoms with Crippen LogP contribution in [0.4, 0.5) is 0 Å². The van der Waals surface area contributed by atoms with E-state index in [4.69, 9.17) is 5.11 Å². The maximum absolute atomic E-state index is 11.7. The Balaban J connectivity index is 2.78. The number of hydrogen-bond acceptors (Lipinski definition) is 6. The van der Waals surface area contributed by atoms with Crippen molar-refractivity contribution in [1.82, 2.24) is 10.3 Å². The Hall–Kier alpha value is -1.48. The van der Waals surface area contributed by atoms with Crippen molar-refractivity contribution in [2.75, 3.05) is 5.75 Å². The zero-order valence-electron chi connectivity index (χ0n) is 12.2. The number of rotatable bonds is 6. The van der Waals surface area contributed by atoms with E-state index in [1.54, 1.807) is 13.8 Å². The first-order valence-corrected chi connectivity index (χ1v) is 8.79. The molecule has 0 bridgehead atoms. The van der Waals surface area contributed by atoms with Gasteiger partial charge in [-0.15, -0.1) is 11.3 Å². The summed E-state index contributed by atoms with van der Waals surface area (Å²) in [6, 6.07) is -0.545. The largest absolute Gasteiger partial charge is 0.477 e. The first-order chi connectivity index (χ1) is 9.54. The molecule has 1 aromatic heterocycles. The molecule has 0 radical (unpaired) electrons. The molecule has 0 saturated heterocycles. The van der Waals surface area contributed by atoms with Crippen LogP contribution in [0.3, 0.4) is 0 Å². The minimum absolute atomic E-state index is 0.112. The van der Waals surface area contributed by atoms with Gasteiger partial charge in [-0.2, -0.15) is 0 Å². The molecule has 1 unspecified atom stereocenters. The lowest BCUT2D eigenvalue weighted by Gasteiger charge is -2.12. The summed E-state index contributed by atoms with van der Waals surface area (Å²) < 4.78 is 23.3. The van der Waals surface area contributed by atoms with E-state index in [-0.39, 0.29) is 4.88 Å². The molecule has 7 nitrogen and oxygen atoms in total. The number of aryl methyl sites for hydroxylation is 1. The van der Waals surface area contributed by atoms with Crippen LogP contribution in [0.15, 0.2) is 0 Å². The smallest absolute Gasteiger partial charge is 0.347 e. The number of aromatic carboxylic acids is 1. The molecule has 0 aliphatic carbocycles. The molecule has 118 valence electrons. The summed E-state index contributed by atoms with van der Waals surface area (Å²) in [6.45, 7) is 6.22. The van der Waals surface area contributed by atoms with Gasteiger partial charge in [0.15, 0.2) is 9.84 Å². The zero-order chi connectivity index (χ0) is 16.4. The zero-order valence-corrected chi connectivity index (χ0v) is 13.8. The van der Waals surface area contributed by atoms with Crippen LogP contribution >= 0.6 is 11.3 Å². The average molecular weight is 334 g/mol. The summed E-state index contributed by atoms with van der Waals surface area (Å²) in [5.74, 6) is -2.29. The average Bonchev–Trinajstić information content (AvgIpc) is 2.70. The van der Waals surface area contributed by atoms with Crippen molar-refractivity contribution in [3.63, 3.8) is 0 Å².